The van der Waals surface area contributed by atoms with Gasteiger partial charge in [-0.05, 0) is 60.8 Å². The van der Waals surface area contributed by atoms with E-state index >= 15 is 0 Å². The molecule has 112 valence electrons. The lowest BCUT2D eigenvalue weighted by Crippen LogP contribution is -2.43. The molecule has 0 heterocycles. The van der Waals surface area contributed by atoms with E-state index < -0.39 is 0 Å². The molecule has 1 aliphatic rings. The predicted molar refractivity (Wildman–Crippen MR) is 83.3 cm³/mol. The van der Waals surface area contributed by atoms with Gasteiger partial charge >= 0.3 is 0 Å². The highest BCUT2D eigenvalue weighted by Crippen LogP contribution is 2.33. The van der Waals surface area contributed by atoms with E-state index in [9.17, 15) is 5.11 Å². The van der Waals surface area contributed by atoms with Gasteiger partial charge in [-0.3, -0.25) is 0 Å². The summed E-state index contributed by atoms with van der Waals surface area (Å²) in [6.45, 7) is 10.9. The van der Waals surface area contributed by atoms with Gasteiger partial charge in [-0.1, -0.05) is 33.8 Å². The third-order valence-electron chi connectivity index (χ3n) is 4.49. The smallest absolute Gasteiger partial charge is 0.127 e. The van der Waals surface area contributed by atoms with Crippen molar-refractivity contribution >= 4 is 0 Å². The minimum atomic E-state index is -0.348. The van der Waals surface area contributed by atoms with E-state index in [1.54, 1.807) is 0 Å². The van der Waals surface area contributed by atoms with E-state index in [1.807, 2.05) is 6.07 Å². The Morgan fingerprint density at radius 1 is 1.20 bits per heavy atom. The van der Waals surface area contributed by atoms with Crippen LogP contribution in [0.15, 0.2) is 18.2 Å². The molecule has 2 rings (SSSR count). The fraction of sp³-hybridized carbons (Fsp3) is 0.667. The van der Waals surface area contributed by atoms with Crippen LogP contribution >= 0.6 is 0 Å². The number of hydrogen-bond donors (Lipinski definition) is 1. The van der Waals surface area contributed by atoms with E-state index in [1.165, 1.54) is 11.1 Å². The normalized spacial score (nSPS) is 30.6. The van der Waals surface area contributed by atoms with Crippen LogP contribution in [-0.4, -0.2) is 17.3 Å². The first-order valence-corrected chi connectivity index (χ1v) is 7.83. The van der Waals surface area contributed by atoms with Crippen LogP contribution in [0.1, 0.15) is 57.6 Å². The molecule has 20 heavy (non-hydrogen) atoms. The molecule has 0 radical (unpaired) electrons. The monoisotopic (exact) mass is 276 g/mol. The van der Waals surface area contributed by atoms with Gasteiger partial charge in [0.25, 0.3) is 0 Å². The van der Waals surface area contributed by atoms with Crippen molar-refractivity contribution in [2.45, 2.75) is 65.6 Å². The lowest BCUT2D eigenvalue weighted by atomic mass is 9.79. The van der Waals surface area contributed by atoms with Crippen molar-refractivity contribution in [3.63, 3.8) is 0 Å². The van der Waals surface area contributed by atoms with Gasteiger partial charge in [0.1, 0.15) is 11.9 Å². The Kier molecular flexibility index (Phi) is 4.74. The highest BCUT2D eigenvalue weighted by atomic mass is 16.5. The molecule has 1 aliphatic carbocycles. The van der Waals surface area contributed by atoms with Crippen LogP contribution in [0.25, 0.3) is 0 Å². The first-order chi connectivity index (χ1) is 9.38. The molecular weight excluding hydrogens is 248 g/mol. The summed E-state index contributed by atoms with van der Waals surface area (Å²) in [6.07, 6.45) is 1.55. The van der Waals surface area contributed by atoms with Crippen molar-refractivity contribution < 1.29 is 9.84 Å². The first kappa shape index (κ1) is 15.4. The number of hydrogen-bond acceptors (Lipinski definition) is 2. The first-order valence-electron chi connectivity index (χ1n) is 7.83. The van der Waals surface area contributed by atoms with Crippen molar-refractivity contribution in [1.82, 2.24) is 0 Å². The van der Waals surface area contributed by atoms with Crippen LogP contribution < -0.4 is 4.74 Å². The topological polar surface area (TPSA) is 29.5 Å². The van der Waals surface area contributed by atoms with Gasteiger partial charge in [-0.25, -0.2) is 0 Å². The summed E-state index contributed by atoms with van der Waals surface area (Å²) < 4.78 is 6.09. The quantitative estimate of drug-likeness (QED) is 0.892. The van der Waals surface area contributed by atoms with Crippen molar-refractivity contribution in [3.05, 3.63) is 29.3 Å². The molecule has 0 aromatic heterocycles. The Bertz CT molecular complexity index is 441. The summed E-state index contributed by atoms with van der Waals surface area (Å²) in [6, 6.07) is 6.30. The number of aliphatic hydroxyl groups is 1. The van der Waals surface area contributed by atoms with E-state index in [0.717, 1.165) is 18.6 Å². The fourth-order valence-corrected chi connectivity index (χ4v) is 3.51. The average Bonchev–Trinajstić information content (AvgIpc) is 2.33. The number of aryl methyl sites for hydroxylation is 1. The van der Waals surface area contributed by atoms with Crippen molar-refractivity contribution in [2.75, 3.05) is 0 Å². The lowest BCUT2D eigenvalue weighted by Gasteiger charge is -2.36. The molecule has 2 heteroatoms. The van der Waals surface area contributed by atoms with Gasteiger partial charge in [-0.2, -0.15) is 0 Å². The van der Waals surface area contributed by atoms with E-state index in [0.29, 0.717) is 17.8 Å². The average molecular weight is 276 g/mol. The summed E-state index contributed by atoms with van der Waals surface area (Å²) in [5, 5.41) is 10.3. The van der Waals surface area contributed by atoms with Crippen molar-refractivity contribution in [1.29, 1.82) is 0 Å². The second-order valence-corrected chi connectivity index (χ2v) is 6.88. The number of ether oxygens (including phenoxy) is 1. The van der Waals surface area contributed by atoms with Crippen LogP contribution in [0.3, 0.4) is 0 Å². The summed E-state index contributed by atoms with van der Waals surface area (Å²) >= 11 is 0. The highest BCUT2D eigenvalue weighted by Gasteiger charge is 2.34. The molecule has 4 unspecified atom stereocenters. The van der Waals surface area contributed by atoms with Gasteiger partial charge in [0, 0.05) is 0 Å². The molecule has 4 atom stereocenters. The largest absolute Gasteiger partial charge is 0.487 e. The molecule has 1 fully saturated rings. The SMILES string of the molecule is Cc1cc(OC2C(C)CC(C)CC2O)ccc1C(C)C. The van der Waals surface area contributed by atoms with Gasteiger partial charge in [0.05, 0.1) is 6.10 Å². The van der Waals surface area contributed by atoms with Crippen molar-refractivity contribution in [3.8, 4) is 5.75 Å². The zero-order valence-electron chi connectivity index (χ0n) is 13.4. The standard InChI is InChI=1S/C18H28O2/c1-11(2)16-7-6-15(10-13(16)4)20-18-14(5)8-12(3)9-17(18)19/h6-7,10-12,14,17-19H,8-9H2,1-5H3. The van der Waals surface area contributed by atoms with Gasteiger partial charge < -0.3 is 9.84 Å². The molecule has 1 saturated carbocycles. The zero-order valence-corrected chi connectivity index (χ0v) is 13.4. The molecule has 2 nitrogen and oxygen atoms in total. The minimum absolute atomic E-state index is 0.0736. The molecule has 1 N–H and O–H groups in total. The molecule has 0 spiro atoms. The van der Waals surface area contributed by atoms with Crippen LogP contribution in [0.2, 0.25) is 0 Å². The molecule has 0 amide bonds. The molecule has 0 bridgehead atoms. The van der Waals surface area contributed by atoms with Crippen LogP contribution in [-0.2, 0) is 0 Å². The Labute approximate surface area is 123 Å². The summed E-state index contributed by atoms with van der Waals surface area (Å²) in [7, 11) is 0. The number of benzene rings is 1. The third kappa shape index (κ3) is 3.35. The van der Waals surface area contributed by atoms with Gasteiger partial charge in [-0.15, -0.1) is 0 Å². The molecule has 1 aromatic carbocycles. The molecule has 0 aliphatic heterocycles. The Hall–Kier alpha value is -1.02. The minimum Gasteiger partial charge on any atom is -0.487 e. The summed E-state index contributed by atoms with van der Waals surface area (Å²) in [5.74, 6) is 2.41. The van der Waals surface area contributed by atoms with Gasteiger partial charge in [0.2, 0.25) is 0 Å². The second kappa shape index (κ2) is 6.17. The molecule has 0 saturated heterocycles. The van der Waals surface area contributed by atoms with Crippen molar-refractivity contribution in [2.24, 2.45) is 11.8 Å². The second-order valence-electron chi connectivity index (χ2n) is 6.88. The Morgan fingerprint density at radius 2 is 1.90 bits per heavy atom. The fourth-order valence-electron chi connectivity index (χ4n) is 3.51. The summed E-state index contributed by atoms with van der Waals surface area (Å²) in [5.41, 5.74) is 2.63. The highest BCUT2D eigenvalue weighted by molar-refractivity contribution is 5.36. The number of rotatable bonds is 3. The Morgan fingerprint density at radius 3 is 2.45 bits per heavy atom. The third-order valence-corrected chi connectivity index (χ3v) is 4.49. The van der Waals surface area contributed by atoms with E-state index in [2.05, 4.69) is 46.8 Å². The van der Waals surface area contributed by atoms with Crippen LogP contribution in [0.5, 0.6) is 5.75 Å². The lowest BCUT2D eigenvalue weighted by molar-refractivity contribution is -0.0388. The maximum absolute atomic E-state index is 10.3. The maximum Gasteiger partial charge on any atom is 0.127 e. The van der Waals surface area contributed by atoms with E-state index in [4.69, 9.17) is 4.74 Å². The van der Waals surface area contributed by atoms with Crippen LogP contribution in [0.4, 0.5) is 0 Å². The molecule has 1 aromatic rings. The Balaban J connectivity index is 2.11. The summed E-state index contributed by atoms with van der Waals surface area (Å²) in [4.78, 5) is 0. The predicted octanol–water partition coefficient (Wildman–Crippen LogP) is 4.29. The maximum atomic E-state index is 10.3. The molecular formula is C18H28O2. The van der Waals surface area contributed by atoms with Gasteiger partial charge in [0.15, 0.2) is 0 Å². The van der Waals surface area contributed by atoms with Crippen LogP contribution in [0, 0.1) is 18.8 Å². The number of aliphatic hydroxyl groups excluding tert-OH is 1. The zero-order chi connectivity index (χ0) is 14.9. The van der Waals surface area contributed by atoms with E-state index in [-0.39, 0.29) is 12.2 Å².